The van der Waals surface area contributed by atoms with E-state index in [0.29, 0.717) is 29.3 Å². The molecule has 0 saturated heterocycles. The van der Waals surface area contributed by atoms with Crippen LogP contribution >= 0.6 is 11.3 Å². The highest BCUT2D eigenvalue weighted by atomic mass is 32.1. The van der Waals surface area contributed by atoms with E-state index in [1.54, 1.807) is 13.8 Å². The van der Waals surface area contributed by atoms with Gasteiger partial charge in [-0.1, -0.05) is 44.2 Å². The number of hydrogen-bond donors (Lipinski definition) is 0. The molecule has 0 aliphatic rings. The summed E-state index contributed by atoms with van der Waals surface area (Å²) in [4.78, 5) is 30.3. The van der Waals surface area contributed by atoms with Crippen molar-refractivity contribution in [2.45, 2.75) is 47.0 Å². The van der Waals surface area contributed by atoms with Crippen molar-refractivity contribution >= 4 is 28.9 Å². The molecule has 0 bridgehead atoms. The van der Waals surface area contributed by atoms with Crippen LogP contribution in [-0.2, 0) is 11.2 Å². The first-order chi connectivity index (χ1) is 12.5. The van der Waals surface area contributed by atoms with Crippen molar-refractivity contribution in [1.29, 1.82) is 0 Å². The van der Waals surface area contributed by atoms with Crippen LogP contribution in [0, 0.1) is 0 Å². The highest BCUT2D eigenvalue weighted by Gasteiger charge is 2.21. The van der Waals surface area contributed by atoms with E-state index in [2.05, 4.69) is 4.99 Å². The second-order valence-electron chi connectivity index (χ2n) is 5.39. The van der Waals surface area contributed by atoms with Crippen molar-refractivity contribution in [1.82, 2.24) is 4.57 Å². The highest BCUT2D eigenvalue weighted by Crippen LogP contribution is 2.28. The number of esters is 1. The molecule has 1 heterocycles. The van der Waals surface area contributed by atoms with Gasteiger partial charge in [0.2, 0.25) is 11.8 Å². The van der Waals surface area contributed by atoms with Gasteiger partial charge in [0.25, 0.3) is 0 Å². The van der Waals surface area contributed by atoms with E-state index in [1.165, 1.54) is 15.9 Å². The van der Waals surface area contributed by atoms with Crippen molar-refractivity contribution in [2.24, 2.45) is 4.99 Å². The van der Waals surface area contributed by atoms with Gasteiger partial charge in [0.15, 0.2) is 4.80 Å². The fourth-order valence-electron chi connectivity index (χ4n) is 2.30. The van der Waals surface area contributed by atoms with Gasteiger partial charge in [-0.25, -0.2) is 9.56 Å². The Labute approximate surface area is 157 Å². The van der Waals surface area contributed by atoms with Crippen molar-refractivity contribution in [3.63, 3.8) is 0 Å². The van der Waals surface area contributed by atoms with E-state index < -0.39 is 0 Å². The first-order valence-corrected chi connectivity index (χ1v) is 9.62. The zero-order valence-corrected chi connectivity index (χ0v) is 16.4. The summed E-state index contributed by atoms with van der Waals surface area (Å²) in [5.74, 6) is 0.372. The summed E-state index contributed by atoms with van der Waals surface area (Å²) in [6.45, 7) is 7.86. The van der Waals surface area contributed by atoms with E-state index in [0.717, 1.165) is 4.88 Å². The average molecular weight is 376 g/mol. The molecule has 0 unspecified atom stereocenters. The number of ether oxygens (including phenoxy) is 2. The summed E-state index contributed by atoms with van der Waals surface area (Å²) in [7, 11) is 0. The molecule has 140 valence electrons. The summed E-state index contributed by atoms with van der Waals surface area (Å²) < 4.78 is 12.5. The molecule has 1 aromatic heterocycles. The second kappa shape index (κ2) is 9.33. The molecule has 0 saturated carbocycles. The largest absolute Gasteiger partial charge is 0.492 e. The molecule has 0 aliphatic carbocycles. The fraction of sp³-hybridized carbons (Fsp3) is 0.421. The quantitative estimate of drug-likeness (QED) is 0.682. The van der Waals surface area contributed by atoms with Crippen LogP contribution in [0.5, 0.6) is 11.6 Å². The van der Waals surface area contributed by atoms with E-state index in [1.807, 2.05) is 38.1 Å². The number of hydrogen-bond acceptors (Lipinski definition) is 6. The van der Waals surface area contributed by atoms with Gasteiger partial charge in [-0.15, -0.1) is 0 Å². The van der Waals surface area contributed by atoms with Crippen LogP contribution < -0.4 is 14.3 Å². The molecule has 6 nitrogen and oxygen atoms in total. The van der Waals surface area contributed by atoms with E-state index in [4.69, 9.17) is 9.47 Å². The summed E-state index contributed by atoms with van der Waals surface area (Å²) in [5.41, 5.74) is 0.629. The number of rotatable bonds is 7. The summed E-state index contributed by atoms with van der Waals surface area (Å²) in [6, 6.07) is 7.39. The molecular formula is C19H24N2O4S. The summed E-state index contributed by atoms with van der Waals surface area (Å²) in [6.07, 6.45) is 1.15. The maximum absolute atomic E-state index is 12.5. The molecule has 0 radical (unpaired) electrons. The van der Waals surface area contributed by atoms with Gasteiger partial charge >= 0.3 is 5.97 Å². The monoisotopic (exact) mass is 376 g/mol. The molecule has 0 spiro atoms. The van der Waals surface area contributed by atoms with Crippen molar-refractivity contribution in [2.75, 3.05) is 6.61 Å². The van der Waals surface area contributed by atoms with Gasteiger partial charge in [-0.2, -0.15) is 0 Å². The molecule has 0 fully saturated rings. The summed E-state index contributed by atoms with van der Waals surface area (Å²) >= 11 is 1.35. The molecule has 0 atom stereocenters. The third-order valence-electron chi connectivity index (χ3n) is 3.60. The Morgan fingerprint density at radius 2 is 1.85 bits per heavy atom. The number of carbonyl (C=O) groups is 2. The molecule has 7 heteroatoms. The lowest BCUT2D eigenvalue weighted by Gasteiger charge is -2.08. The Bertz CT molecular complexity index is 851. The lowest BCUT2D eigenvalue weighted by atomic mass is 10.3. The minimum Gasteiger partial charge on any atom is -0.492 e. The van der Waals surface area contributed by atoms with Crippen molar-refractivity contribution in [3.05, 3.63) is 33.9 Å². The Balaban J connectivity index is 2.68. The second-order valence-corrected chi connectivity index (χ2v) is 6.45. The fourth-order valence-corrected chi connectivity index (χ4v) is 3.30. The topological polar surface area (TPSA) is 69.9 Å². The Hall–Kier alpha value is -2.41. The van der Waals surface area contributed by atoms with Gasteiger partial charge in [0, 0.05) is 12.8 Å². The summed E-state index contributed by atoms with van der Waals surface area (Å²) in [5, 5.41) is 0. The van der Waals surface area contributed by atoms with Crippen molar-refractivity contribution in [3.8, 4) is 11.6 Å². The minimum atomic E-state index is -0.378. The number of benzene rings is 1. The van der Waals surface area contributed by atoms with Gasteiger partial charge < -0.3 is 9.47 Å². The van der Waals surface area contributed by atoms with Crippen molar-refractivity contribution < 1.29 is 19.1 Å². The SMILES string of the molecule is CCOc1ccccc1N=c1sc(CC)c(OC(=O)CC)n1C(=O)CC. The maximum atomic E-state index is 12.5. The predicted octanol–water partition coefficient (Wildman–Crippen LogP) is 4.11. The van der Waals surface area contributed by atoms with Crippen LogP contribution in [-0.4, -0.2) is 23.1 Å². The van der Waals surface area contributed by atoms with Crippen LogP contribution in [0.25, 0.3) is 0 Å². The van der Waals surface area contributed by atoms with Gasteiger partial charge in [-0.05, 0) is 25.5 Å². The van der Waals surface area contributed by atoms with Crippen LogP contribution in [0.3, 0.4) is 0 Å². The molecule has 1 aromatic carbocycles. The zero-order valence-electron chi connectivity index (χ0n) is 15.6. The third-order valence-corrected chi connectivity index (χ3v) is 4.77. The Morgan fingerprint density at radius 3 is 2.46 bits per heavy atom. The molecule has 0 N–H and O–H groups in total. The molecule has 26 heavy (non-hydrogen) atoms. The molecule has 0 aliphatic heterocycles. The number of carbonyl (C=O) groups excluding carboxylic acids is 2. The predicted molar refractivity (Wildman–Crippen MR) is 101 cm³/mol. The van der Waals surface area contributed by atoms with Crippen LogP contribution in [0.1, 0.15) is 50.2 Å². The van der Waals surface area contributed by atoms with Crippen LogP contribution in [0.2, 0.25) is 0 Å². The number of para-hydroxylation sites is 2. The zero-order chi connectivity index (χ0) is 19.1. The smallest absolute Gasteiger partial charge is 0.312 e. The number of thiazole rings is 1. The number of aromatic nitrogens is 1. The van der Waals surface area contributed by atoms with Crippen LogP contribution in [0.15, 0.2) is 29.3 Å². The molecule has 2 aromatic rings. The van der Waals surface area contributed by atoms with E-state index in [-0.39, 0.29) is 30.6 Å². The number of aryl methyl sites for hydroxylation is 1. The highest BCUT2D eigenvalue weighted by molar-refractivity contribution is 7.09. The average Bonchev–Trinajstić information content (AvgIpc) is 2.99. The van der Waals surface area contributed by atoms with E-state index in [9.17, 15) is 9.59 Å². The molecular weight excluding hydrogens is 352 g/mol. The minimum absolute atomic E-state index is 0.174. The van der Waals surface area contributed by atoms with Gasteiger partial charge in [0.05, 0.1) is 11.5 Å². The Kier molecular flexibility index (Phi) is 7.15. The van der Waals surface area contributed by atoms with Crippen LogP contribution in [0.4, 0.5) is 5.69 Å². The molecule has 2 rings (SSSR count). The first-order valence-electron chi connectivity index (χ1n) is 8.80. The maximum Gasteiger partial charge on any atom is 0.312 e. The molecule has 0 amide bonds. The normalized spacial score (nSPS) is 11.5. The van der Waals surface area contributed by atoms with Gasteiger partial charge in [-0.3, -0.25) is 9.59 Å². The lowest BCUT2D eigenvalue weighted by molar-refractivity contribution is -0.134. The number of nitrogens with zero attached hydrogens (tertiary/aromatic N) is 2. The van der Waals surface area contributed by atoms with Gasteiger partial charge in [0.1, 0.15) is 11.4 Å². The Morgan fingerprint density at radius 1 is 1.12 bits per heavy atom. The third kappa shape index (κ3) is 4.40. The van der Waals surface area contributed by atoms with E-state index >= 15 is 0 Å². The lowest BCUT2D eigenvalue weighted by Crippen LogP contribution is -2.24. The standard InChI is InChI=1S/C19H24N2O4S/c1-5-15-18(25-17(23)7-3)21(16(22)6-2)19(26-15)20-13-11-9-10-12-14(13)24-8-4/h9-12H,5-8H2,1-4H3. The first kappa shape index (κ1) is 19.9.